The Kier molecular flexibility index (Phi) is 2.88. The van der Waals surface area contributed by atoms with Crippen molar-refractivity contribution in [3.63, 3.8) is 0 Å². The maximum Gasteiger partial charge on any atom is 0.449 e. The van der Waals surface area contributed by atoms with Gasteiger partial charge in [0.1, 0.15) is 6.04 Å². The highest BCUT2D eigenvalue weighted by molar-refractivity contribution is 5.84. The van der Waals surface area contributed by atoms with E-state index in [1.165, 1.54) is 25.1 Å². The topological polar surface area (TPSA) is 86.9 Å². The molecule has 0 fully saturated rings. The number of nitrogens with two attached hydrogens (primary N) is 2. The van der Waals surface area contributed by atoms with Crippen LogP contribution in [0.5, 0.6) is 0 Å². The number of alkyl halides is 3. The fraction of sp³-hybridized carbons (Fsp3) is 0.273. The summed E-state index contributed by atoms with van der Waals surface area (Å²) in [6.07, 6.45) is -4.68. The molecule has 1 atom stereocenters. The van der Waals surface area contributed by atoms with Crippen LogP contribution in [0.15, 0.2) is 18.2 Å². The van der Waals surface area contributed by atoms with Crippen LogP contribution in [-0.4, -0.2) is 15.5 Å². The van der Waals surface area contributed by atoms with E-state index in [-0.39, 0.29) is 16.7 Å². The smallest absolute Gasteiger partial charge is 0.399 e. The molecular weight excluding hydrogens is 261 g/mol. The number of carbonyl (C=O) groups is 1. The monoisotopic (exact) mass is 272 g/mol. The Morgan fingerprint density at radius 2 is 2.05 bits per heavy atom. The molecule has 1 aromatic carbocycles. The number of carbonyl (C=O) groups excluding carboxylic acids is 1. The van der Waals surface area contributed by atoms with Crippen molar-refractivity contribution in [2.75, 3.05) is 5.73 Å². The zero-order valence-corrected chi connectivity index (χ0v) is 9.90. The minimum Gasteiger partial charge on any atom is -0.399 e. The second-order valence-electron chi connectivity index (χ2n) is 4.13. The number of amides is 1. The van der Waals surface area contributed by atoms with Crippen LogP contribution in [0.25, 0.3) is 11.0 Å². The number of rotatable bonds is 2. The lowest BCUT2D eigenvalue weighted by molar-refractivity contribution is -0.148. The molecule has 2 aromatic rings. The van der Waals surface area contributed by atoms with Crippen molar-refractivity contribution >= 4 is 22.6 Å². The lowest BCUT2D eigenvalue weighted by Crippen LogP contribution is -2.27. The van der Waals surface area contributed by atoms with Crippen molar-refractivity contribution in [3.8, 4) is 0 Å². The summed E-state index contributed by atoms with van der Waals surface area (Å²) in [4.78, 5) is 14.7. The average molecular weight is 272 g/mol. The summed E-state index contributed by atoms with van der Waals surface area (Å²) in [6.45, 7) is 1.29. The van der Waals surface area contributed by atoms with Crippen molar-refractivity contribution in [1.82, 2.24) is 9.55 Å². The Balaban J connectivity index is 2.79. The van der Waals surface area contributed by atoms with Crippen LogP contribution in [0.2, 0.25) is 0 Å². The van der Waals surface area contributed by atoms with Crippen LogP contribution in [-0.2, 0) is 11.0 Å². The van der Waals surface area contributed by atoms with E-state index in [1.54, 1.807) is 0 Å². The van der Waals surface area contributed by atoms with E-state index in [1.807, 2.05) is 0 Å². The van der Waals surface area contributed by atoms with Crippen molar-refractivity contribution in [2.24, 2.45) is 5.73 Å². The molecule has 2 rings (SSSR count). The van der Waals surface area contributed by atoms with Gasteiger partial charge in [-0.3, -0.25) is 4.79 Å². The van der Waals surface area contributed by atoms with Crippen molar-refractivity contribution in [2.45, 2.75) is 19.1 Å². The summed E-state index contributed by atoms with van der Waals surface area (Å²) in [6, 6.07) is 2.97. The standard InChI is InChI=1S/C11H11F3N4O/c1-5(9(16)19)18-8-3-2-6(15)4-7(8)17-10(18)11(12,13)14/h2-5H,15H2,1H3,(H2,16,19). The van der Waals surface area contributed by atoms with E-state index in [2.05, 4.69) is 4.98 Å². The number of nitrogens with zero attached hydrogens (tertiary/aromatic N) is 2. The first kappa shape index (κ1) is 13.2. The van der Waals surface area contributed by atoms with Crippen LogP contribution in [0.3, 0.4) is 0 Å². The van der Waals surface area contributed by atoms with Crippen LogP contribution < -0.4 is 11.5 Å². The number of hydrogen-bond donors (Lipinski definition) is 2. The third kappa shape index (κ3) is 2.20. The third-order valence-electron chi connectivity index (χ3n) is 2.77. The minimum atomic E-state index is -4.68. The number of nitrogen functional groups attached to an aromatic ring is 1. The molecule has 1 heterocycles. The van der Waals surface area contributed by atoms with Gasteiger partial charge in [-0.25, -0.2) is 4.98 Å². The first-order valence-electron chi connectivity index (χ1n) is 5.36. The van der Waals surface area contributed by atoms with Gasteiger partial charge in [0.25, 0.3) is 0 Å². The molecule has 8 heteroatoms. The largest absolute Gasteiger partial charge is 0.449 e. The first-order chi connectivity index (χ1) is 8.71. The second-order valence-corrected chi connectivity index (χ2v) is 4.13. The SMILES string of the molecule is CC(C(N)=O)n1c(C(F)(F)F)nc2cc(N)ccc21. The summed E-state index contributed by atoms with van der Waals surface area (Å²) in [5.74, 6) is -2.04. The van der Waals surface area contributed by atoms with E-state index in [4.69, 9.17) is 11.5 Å². The lowest BCUT2D eigenvalue weighted by Gasteiger charge is -2.15. The Hall–Kier alpha value is -2.25. The quantitative estimate of drug-likeness (QED) is 0.815. The number of primary amides is 1. The predicted molar refractivity (Wildman–Crippen MR) is 63.1 cm³/mol. The van der Waals surface area contributed by atoms with Crippen molar-refractivity contribution < 1.29 is 18.0 Å². The van der Waals surface area contributed by atoms with Crippen LogP contribution in [0.1, 0.15) is 18.8 Å². The van der Waals surface area contributed by atoms with Gasteiger partial charge in [-0.1, -0.05) is 0 Å². The predicted octanol–water partition coefficient (Wildman–Crippen LogP) is 1.68. The van der Waals surface area contributed by atoms with Gasteiger partial charge in [0.15, 0.2) is 0 Å². The van der Waals surface area contributed by atoms with Gasteiger partial charge in [-0.05, 0) is 25.1 Å². The van der Waals surface area contributed by atoms with Crippen LogP contribution in [0, 0.1) is 0 Å². The second kappa shape index (κ2) is 4.15. The van der Waals surface area contributed by atoms with E-state index < -0.39 is 23.9 Å². The van der Waals surface area contributed by atoms with E-state index in [0.717, 1.165) is 4.57 Å². The highest BCUT2D eigenvalue weighted by Gasteiger charge is 2.39. The maximum atomic E-state index is 12.9. The van der Waals surface area contributed by atoms with Gasteiger partial charge in [0.05, 0.1) is 11.0 Å². The normalized spacial score (nSPS) is 13.7. The summed E-state index contributed by atoms with van der Waals surface area (Å²) < 4.78 is 39.6. The van der Waals surface area contributed by atoms with Gasteiger partial charge in [0, 0.05) is 5.69 Å². The van der Waals surface area contributed by atoms with E-state index in [0.29, 0.717) is 0 Å². The number of fused-ring (bicyclic) bond motifs is 1. The molecule has 0 saturated heterocycles. The fourth-order valence-corrected chi connectivity index (χ4v) is 1.84. The maximum absolute atomic E-state index is 12.9. The summed E-state index contributed by atoms with van der Waals surface area (Å²) in [5, 5.41) is 0. The number of halogens is 3. The number of benzene rings is 1. The average Bonchev–Trinajstić information content (AvgIpc) is 2.65. The van der Waals surface area contributed by atoms with Crippen molar-refractivity contribution in [1.29, 1.82) is 0 Å². The molecule has 0 radical (unpaired) electrons. The molecule has 0 spiro atoms. The number of aromatic nitrogens is 2. The Morgan fingerprint density at radius 3 is 2.58 bits per heavy atom. The van der Waals surface area contributed by atoms with Gasteiger partial charge in [-0.15, -0.1) is 0 Å². The highest BCUT2D eigenvalue weighted by Crippen LogP contribution is 2.34. The Morgan fingerprint density at radius 1 is 1.42 bits per heavy atom. The molecule has 1 aromatic heterocycles. The van der Waals surface area contributed by atoms with Gasteiger partial charge >= 0.3 is 6.18 Å². The van der Waals surface area contributed by atoms with E-state index >= 15 is 0 Å². The van der Waals surface area contributed by atoms with Crippen LogP contribution >= 0.6 is 0 Å². The Bertz CT molecular complexity index is 647. The molecule has 0 aliphatic carbocycles. The fourth-order valence-electron chi connectivity index (χ4n) is 1.84. The summed E-state index contributed by atoms with van der Waals surface area (Å²) >= 11 is 0. The number of imidazole rings is 1. The van der Waals surface area contributed by atoms with Gasteiger partial charge in [0.2, 0.25) is 11.7 Å². The van der Waals surface area contributed by atoms with E-state index in [9.17, 15) is 18.0 Å². The first-order valence-corrected chi connectivity index (χ1v) is 5.36. The molecule has 0 saturated carbocycles. The zero-order valence-electron chi connectivity index (χ0n) is 9.90. The lowest BCUT2D eigenvalue weighted by atomic mass is 10.2. The number of hydrogen-bond acceptors (Lipinski definition) is 3. The van der Waals surface area contributed by atoms with Gasteiger partial charge < -0.3 is 16.0 Å². The molecule has 0 bridgehead atoms. The molecule has 1 unspecified atom stereocenters. The molecule has 0 aliphatic heterocycles. The zero-order chi connectivity index (χ0) is 14.4. The molecule has 19 heavy (non-hydrogen) atoms. The Labute approximate surface area is 106 Å². The van der Waals surface area contributed by atoms with Crippen molar-refractivity contribution in [3.05, 3.63) is 24.0 Å². The molecule has 0 aliphatic rings. The highest BCUT2D eigenvalue weighted by atomic mass is 19.4. The number of anilines is 1. The molecule has 1 amide bonds. The third-order valence-corrected chi connectivity index (χ3v) is 2.77. The molecular formula is C11H11F3N4O. The molecule has 4 N–H and O–H groups in total. The van der Waals surface area contributed by atoms with Gasteiger partial charge in [-0.2, -0.15) is 13.2 Å². The molecule has 5 nitrogen and oxygen atoms in total. The molecule has 102 valence electrons. The summed E-state index contributed by atoms with van der Waals surface area (Å²) in [5.41, 5.74) is 11.1. The van der Waals surface area contributed by atoms with Crippen LogP contribution in [0.4, 0.5) is 18.9 Å². The summed E-state index contributed by atoms with van der Waals surface area (Å²) in [7, 11) is 0. The minimum absolute atomic E-state index is 0.0698.